The largest absolute Gasteiger partial charge is 0.228 e. The van der Waals surface area contributed by atoms with Crippen LogP contribution in [-0.4, -0.2) is 50.9 Å². The highest BCUT2D eigenvalue weighted by molar-refractivity contribution is 9.09. The summed E-state index contributed by atoms with van der Waals surface area (Å²) in [4.78, 5) is 0. The van der Waals surface area contributed by atoms with Gasteiger partial charge in [0, 0.05) is 24.7 Å². The summed E-state index contributed by atoms with van der Waals surface area (Å²) in [6.07, 6.45) is 1.72. The van der Waals surface area contributed by atoms with Gasteiger partial charge in [-0.05, 0) is 12.3 Å². The van der Waals surface area contributed by atoms with Crippen LogP contribution >= 0.6 is 15.9 Å². The van der Waals surface area contributed by atoms with Gasteiger partial charge in [-0.1, -0.05) is 15.9 Å². The van der Waals surface area contributed by atoms with Crippen molar-refractivity contribution in [1.29, 1.82) is 0 Å². The zero-order valence-corrected chi connectivity index (χ0v) is 11.6. The van der Waals surface area contributed by atoms with Crippen molar-refractivity contribution in [2.75, 3.05) is 29.8 Å². The van der Waals surface area contributed by atoms with Crippen LogP contribution in [0.4, 0.5) is 0 Å². The van der Waals surface area contributed by atoms with E-state index in [0.717, 1.165) is 18.0 Å². The number of nitrogens with zero attached hydrogens (tertiary/aromatic N) is 1. The standard InChI is InChI=1S/C7H14BrNO4S2/c1-14(10,11)6-15(12,13)9-3-2-7(4-8)5-9/h7H,2-6H2,1H3. The normalized spacial score (nSPS) is 24.5. The number of rotatable bonds is 4. The van der Waals surface area contributed by atoms with Gasteiger partial charge in [0.1, 0.15) is 0 Å². The first-order valence-electron chi connectivity index (χ1n) is 4.46. The van der Waals surface area contributed by atoms with E-state index in [9.17, 15) is 16.8 Å². The highest BCUT2D eigenvalue weighted by atomic mass is 79.9. The molecule has 0 aromatic heterocycles. The van der Waals surface area contributed by atoms with Crippen LogP contribution in [0.5, 0.6) is 0 Å². The summed E-state index contributed by atoms with van der Waals surface area (Å²) in [6, 6.07) is 0. The Morgan fingerprint density at radius 2 is 1.93 bits per heavy atom. The molecule has 0 amide bonds. The van der Waals surface area contributed by atoms with Gasteiger partial charge in [0.05, 0.1) is 0 Å². The second kappa shape index (κ2) is 4.68. The molecule has 90 valence electrons. The maximum atomic E-state index is 11.6. The first kappa shape index (κ1) is 13.4. The van der Waals surface area contributed by atoms with Crippen molar-refractivity contribution in [1.82, 2.24) is 4.31 Å². The Labute approximate surface area is 98.9 Å². The molecule has 5 nitrogen and oxygen atoms in total. The zero-order chi connectivity index (χ0) is 11.7. The fraction of sp³-hybridized carbons (Fsp3) is 1.00. The molecule has 0 aromatic carbocycles. The minimum absolute atomic E-state index is 0.291. The molecule has 0 N–H and O–H groups in total. The van der Waals surface area contributed by atoms with E-state index in [-0.39, 0.29) is 0 Å². The molecule has 0 aliphatic carbocycles. The van der Waals surface area contributed by atoms with E-state index in [1.807, 2.05) is 0 Å². The number of hydrogen-bond acceptors (Lipinski definition) is 4. The van der Waals surface area contributed by atoms with Crippen molar-refractivity contribution in [2.45, 2.75) is 6.42 Å². The monoisotopic (exact) mass is 319 g/mol. The van der Waals surface area contributed by atoms with Crippen molar-refractivity contribution < 1.29 is 16.8 Å². The fourth-order valence-electron chi connectivity index (χ4n) is 1.52. The Bertz CT molecular complexity index is 416. The molecule has 0 saturated carbocycles. The predicted molar refractivity (Wildman–Crippen MR) is 62.1 cm³/mol. The Hall–Kier alpha value is 0.340. The fourth-order valence-corrected chi connectivity index (χ4v) is 5.63. The van der Waals surface area contributed by atoms with E-state index in [4.69, 9.17) is 0 Å². The van der Waals surface area contributed by atoms with Crippen molar-refractivity contribution in [2.24, 2.45) is 5.92 Å². The Balaban J connectivity index is 2.73. The van der Waals surface area contributed by atoms with E-state index in [1.165, 1.54) is 4.31 Å². The van der Waals surface area contributed by atoms with Gasteiger partial charge >= 0.3 is 0 Å². The summed E-state index contributed by atoms with van der Waals surface area (Å²) in [6.45, 7) is 0.844. The average molecular weight is 320 g/mol. The number of sulfonamides is 1. The molecular formula is C7H14BrNO4S2. The lowest BCUT2D eigenvalue weighted by atomic mass is 10.2. The maximum absolute atomic E-state index is 11.6. The van der Waals surface area contributed by atoms with Gasteiger partial charge in [0.25, 0.3) is 0 Å². The Morgan fingerprint density at radius 3 is 2.33 bits per heavy atom. The number of hydrogen-bond donors (Lipinski definition) is 0. The van der Waals surface area contributed by atoms with Gasteiger partial charge in [-0.15, -0.1) is 0 Å². The van der Waals surface area contributed by atoms with Crippen LogP contribution in [0.2, 0.25) is 0 Å². The SMILES string of the molecule is CS(=O)(=O)CS(=O)(=O)N1CCC(CBr)C1. The number of halogens is 1. The molecule has 8 heteroatoms. The molecule has 0 aromatic rings. The molecule has 1 unspecified atom stereocenters. The first-order valence-corrected chi connectivity index (χ1v) is 9.25. The lowest BCUT2D eigenvalue weighted by Crippen LogP contribution is -2.33. The summed E-state index contributed by atoms with van der Waals surface area (Å²) in [5.41, 5.74) is 0. The molecule has 1 fully saturated rings. The summed E-state index contributed by atoms with van der Waals surface area (Å²) < 4.78 is 46.4. The molecule has 1 aliphatic rings. The quantitative estimate of drug-likeness (QED) is 0.686. The van der Waals surface area contributed by atoms with E-state index < -0.39 is 24.9 Å². The smallest absolute Gasteiger partial charge is 0.228 e. The Kier molecular flexibility index (Phi) is 4.19. The third-order valence-corrected chi connectivity index (χ3v) is 7.16. The minimum Gasteiger partial charge on any atom is -0.228 e. The van der Waals surface area contributed by atoms with Gasteiger partial charge in [0.15, 0.2) is 14.9 Å². The van der Waals surface area contributed by atoms with Crippen molar-refractivity contribution >= 4 is 35.8 Å². The third-order valence-electron chi connectivity index (χ3n) is 2.22. The molecule has 1 saturated heterocycles. The summed E-state index contributed by atoms with van der Waals surface area (Å²) in [5, 5.41) is -0.0348. The highest BCUT2D eigenvalue weighted by Crippen LogP contribution is 2.21. The molecule has 0 spiro atoms. The topological polar surface area (TPSA) is 71.5 Å². The van der Waals surface area contributed by atoms with Gasteiger partial charge in [0.2, 0.25) is 10.0 Å². The van der Waals surface area contributed by atoms with Crippen LogP contribution in [0.25, 0.3) is 0 Å². The lowest BCUT2D eigenvalue weighted by Gasteiger charge is -2.15. The van der Waals surface area contributed by atoms with Gasteiger partial charge in [-0.25, -0.2) is 21.1 Å². The third kappa shape index (κ3) is 4.01. The van der Waals surface area contributed by atoms with E-state index >= 15 is 0 Å². The van der Waals surface area contributed by atoms with Crippen LogP contribution < -0.4 is 0 Å². The summed E-state index contributed by atoms with van der Waals surface area (Å²) in [5.74, 6) is 0.291. The summed E-state index contributed by atoms with van der Waals surface area (Å²) in [7, 11) is -7.12. The molecular weight excluding hydrogens is 306 g/mol. The zero-order valence-electron chi connectivity index (χ0n) is 8.39. The van der Waals surface area contributed by atoms with E-state index in [0.29, 0.717) is 19.0 Å². The van der Waals surface area contributed by atoms with Crippen molar-refractivity contribution in [3.63, 3.8) is 0 Å². The molecule has 0 radical (unpaired) electrons. The van der Waals surface area contributed by atoms with E-state index in [1.54, 1.807) is 0 Å². The molecule has 0 bridgehead atoms. The first-order chi connectivity index (χ1) is 6.74. The number of alkyl halides is 1. The van der Waals surface area contributed by atoms with Gasteiger partial charge < -0.3 is 0 Å². The summed E-state index contributed by atoms with van der Waals surface area (Å²) >= 11 is 3.29. The minimum atomic E-state index is -3.64. The van der Waals surface area contributed by atoms with Crippen LogP contribution in [0.1, 0.15) is 6.42 Å². The number of sulfone groups is 1. The van der Waals surface area contributed by atoms with Crippen molar-refractivity contribution in [3.8, 4) is 0 Å². The molecule has 1 aliphatic heterocycles. The van der Waals surface area contributed by atoms with Crippen LogP contribution in [0.3, 0.4) is 0 Å². The molecule has 1 atom stereocenters. The highest BCUT2D eigenvalue weighted by Gasteiger charge is 2.32. The van der Waals surface area contributed by atoms with Crippen LogP contribution in [0, 0.1) is 5.92 Å². The van der Waals surface area contributed by atoms with Crippen LogP contribution in [-0.2, 0) is 19.9 Å². The Morgan fingerprint density at radius 1 is 1.33 bits per heavy atom. The van der Waals surface area contributed by atoms with E-state index in [2.05, 4.69) is 15.9 Å². The second-order valence-electron chi connectivity index (χ2n) is 3.82. The van der Waals surface area contributed by atoms with Gasteiger partial charge in [-0.3, -0.25) is 0 Å². The molecule has 1 rings (SSSR count). The van der Waals surface area contributed by atoms with Crippen molar-refractivity contribution in [3.05, 3.63) is 0 Å². The molecule has 1 heterocycles. The predicted octanol–water partition coefficient (Wildman–Crippen LogP) is 0.0351. The van der Waals surface area contributed by atoms with Gasteiger partial charge in [-0.2, -0.15) is 0 Å². The van der Waals surface area contributed by atoms with Crippen LogP contribution in [0.15, 0.2) is 0 Å². The second-order valence-corrected chi connectivity index (χ2v) is 8.94. The maximum Gasteiger partial charge on any atom is 0.228 e. The average Bonchev–Trinajstić information content (AvgIpc) is 2.47. The molecule has 15 heavy (non-hydrogen) atoms. The lowest BCUT2D eigenvalue weighted by molar-refractivity contribution is 0.469.